The molecule has 1 heterocycles. The van der Waals surface area contributed by atoms with Gasteiger partial charge < -0.3 is 9.67 Å². The van der Waals surface area contributed by atoms with Crippen molar-refractivity contribution in [1.82, 2.24) is 4.57 Å². The van der Waals surface area contributed by atoms with Crippen molar-refractivity contribution in [2.24, 2.45) is 5.92 Å². The summed E-state index contributed by atoms with van der Waals surface area (Å²) in [5.41, 5.74) is 5.19. The molecule has 4 heteroatoms. The molecule has 1 N–H and O–H groups in total. The van der Waals surface area contributed by atoms with Crippen molar-refractivity contribution in [3.8, 4) is 22.4 Å². The molecule has 0 fully saturated rings. The number of carboxylic acids is 1. The van der Waals surface area contributed by atoms with Crippen LogP contribution in [0.15, 0.2) is 78.9 Å². The van der Waals surface area contributed by atoms with E-state index in [1.807, 2.05) is 54.6 Å². The van der Waals surface area contributed by atoms with E-state index in [1.54, 1.807) is 6.92 Å². The molecule has 28 heavy (non-hydrogen) atoms. The fourth-order valence-electron chi connectivity index (χ4n) is 3.66. The van der Waals surface area contributed by atoms with Gasteiger partial charge in [-0.3, -0.25) is 4.79 Å². The number of rotatable bonds is 5. The van der Waals surface area contributed by atoms with Crippen LogP contribution in [0.3, 0.4) is 0 Å². The van der Waals surface area contributed by atoms with Crippen molar-refractivity contribution < 1.29 is 9.90 Å². The minimum atomic E-state index is -0.809. The highest BCUT2D eigenvalue weighted by Gasteiger charge is 2.23. The number of hydrogen-bond donors (Lipinski definition) is 1. The number of aromatic nitrogens is 1. The molecule has 0 spiro atoms. The van der Waals surface area contributed by atoms with Crippen LogP contribution in [0.5, 0.6) is 0 Å². The van der Waals surface area contributed by atoms with E-state index < -0.39 is 11.9 Å². The Morgan fingerprint density at radius 1 is 0.964 bits per heavy atom. The number of benzene rings is 3. The summed E-state index contributed by atoms with van der Waals surface area (Å²) in [5, 5.41) is 11.2. The number of nitrogens with zero attached hydrogens (tertiary/aromatic N) is 1. The largest absolute Gasteiger partial charge is 0.481 e. The minimum absolute atomic E-state index is 0.379. The van der Waals surface area contributed by atoms with Gasteiger partial charge in [-0.25, -0.2) is 0 Å². The predicted molar refractivity (Wildman–Crippen MR) is 115 cm³/mol. The van der Waals surface area contributed by atoms with Crippen molar-refractivity contribution in [3.05, 3.63) is 83.9 Å². The molecule has 1 unspecified atom stereocenters. The Hall–Kier alpha value is -3.04. The zero-order chi connectivity index (χ0) is 19.7. The predicted octanol–water partition coefficient (Wildman–Crippen LogP) is 6.35. The summed E-state index contributed by atoms with van der Waals surface area (Å²) in [4.78, 5) is 11.6. The van der Waals surface area contributed by atoms with Crippen molar-refractivity contribution >= 4 is 28.5 Å². The van der Waals surface area contributed by atoms with Gasteiger partial charge in [-0.05, 0) is 29.3 Å². The van der Waals surface area contributed by atoms with E-state index in [0.717, 1.165) is 33.3 Å². The van der Waals surface area contributed by atoms with Crippen LogP contribution in [-0.4, -0.2) is 15.6 Å². The van der Waals surface area contributed by atoms with Crippen LogP contribution < -0.4 is 0 Å². The van der Waals surface area contributed by atoms with Gasteiger partial charge in [0.25, 0.3) is 0 Å². The standard InChI is InChI=1S/C24H20ClNO2/c1-16(24(27)28)15-26-21-13-12-19(25)14-20(21)22(17-8-4-2-5-9-17)23(26)18-10-6-3-7-11-18/h2-14,16H,15H2,1H3,(H,27,28). The van der Waals surface area contributed by atoms with Crippen molar-refractivity contribution in [3.63, 3.8) is 0 Å². The second-order valence-electron chi connectivity index (χ2n) is 6.97. The van der Waals surface area contributed by atoms with E-state index in [9.17, 15) is 9.90 Å². The molecule has 3 nitrogen and oxygen atoms in total. The fourth-order valence-corrected chi connectivity index (χ4v) is 3.83. The number of carboxylic acid groups (broad SMARTS) is 1. The topological polar surface area (TPSA) is 42.2 Å². The number of carbonyl (C=O) groups is 1. The Morgan fingerprint density at radius 3 is 2.18 bits per heavy atom. The Labute approximate surface area is 168 Å². The summed E-state index contributed by atoms with van der Waals surface area (Å²) in [6.07, 6.45) is 0. The lowest BCUT2D eigenvalue weighted by Gasteiger charge is -2.15. The van der Waals surface area contributed by atoms with Crippen molar-refractivity contribution in [2.45, 2.75) is 13.5 Å². The molecule has 0 radical (unpaired) electrons. The average Bonchev–Trinajstić information content (AvgIpc) is 3.02. The fraction of sp³-hybridized carbons (Fsp3) is 0.125. The molecule has 3 aromatic carbocycles. The lowest BCUT2D eigenvalue weighted by Crippen LogP contribution is -2.17. The maximum Gasteiger partial charge on any atom is 0.308 e. The Morgan fingerprint density at radius 2 is 1.57 bits per heavy atom. The quantitative estimate of drug-likeness (QED) is 0.432. The molecule has 1 aromatic heterocycles. The van der Waals surface area contributed by atoms with Gasteiger partial charge in [0.1, 0.15) is 0 Å². The van der Waals surface area contributed by atoms with Gasteiger partial charge in [0.2, 0.25) is 0 Å². The normalized spacial score (nSPS) is 12.2. The zero-order valence-corrected chi connectivity index (χ0v) is 16.2. The van der Waals surface area contributed by atoms with Gasteiger partial charge in [0.15, 0.2) is 0 Å². The maximum atomic E-state index is 11.6. The third kappa shape index (κ3) is 3.30. The van der Waals surface area contributed by atoms with E-state index in [-0.39, 0.29) is 0 Å². The smallest absolute Gasteiger partial charge is 0.308 e. The Kier molecular flexibility index (Phi) is 4.93. The highest BCUT2D eigenvalue weighted by Crippen LogP contribution is 2.42. The molecule has 0 aliphatic heterocycles. The van der Waals surface area contributed by atoms with Crippen LogP contribution in [0.1, 0.15) is 6.92 Å². The van der Waals surface area contributed by atoms with Crippen molar-refractivity contribution in [1.29, 1.82) is 0 Å². The summed E-state index contributed by atoms with van der Waals surface area (Å²) in [5.74, 6) is -1.33. The van der Waals surface area contributed by atoms with Crippen LogP contribution in [0.4, 0.5) is 0 Å². The lowest BCUT2D eigenvalue weighted by molar-refractivity contribution is -0.141. The summed E-state index contributed by atoms with van der Waals surface area (Å²) in [6, 6.07) is 26.1. The first-order valence-electron chi connectivity index (χ1n) is 9.21. The van der Waals surface area contributed by atoms with Gasteiger partial charge in [-0.2, -0.15) is 0 Å². The first-order chi connectivity index (χ1) is 13.6. The number of fused-ring (bicyclic) bond motifs is 1. The molecule has 140 valence electrons. The Balaban J connectivity index is 2.10. The van der Waals surface area contributed by atoms with Gasteiger partial charge in [-0.1, -0.05) is 79.2 Å². The molecule has 1 atom stereocenters. The van der Waals surface area contributed by atoms with Crippen LogP contribution in [0, 0.1) is 5.92 Å². The lowest BCUT2D eigenvalue weighted by atomic mass is 9.98. The molecule has 0 aliphatic rings. The van der Waals surface area contributed by atoms with E-state index in [4.69, 9.17) is 11.6 Å². The molecular weight excluding hydrogens is 370 g/mol. The Bertz CT molecular complexity index is 1130. The molecule has 0 amide bonds. The summed E-state index contributed by atoms with van der Waals surface area (Å²) in [6.45, 7) is 2.12. The zero-order valence-electron chi connectivity index (χ0n) is 15.5. The summed E-state index contributed by atoms with van der Waals surface area (Å²) < 4.78 is 2.11. The first-order valence-corrected chi connectivity index (χ1v) is 9.59. The minimum Gasteiger partial charge on any atom is -0.481 e. The highest BCUT2D eigenvalue weighted by atomic mass is 35.5. The van der Waals surface area contributed by atoms with Crippen LogP contribution in [0.2, 0.25) is 5.02 Å². The second kappa shape index (κ2) is 7.53. The van der Waals surface area contributed by atoms with Crippen molar-refractivity contribution in [2.75, 3.05) is 0 Å². The SMILES string of the molecule is CC(Cn1c(-c2ccccc2)c(-c2ccccc2)c2cc(Cl)ccc21)C(=O)O. The maximum absolute atomic E-state index is 11.6. The molecule has 0 saturated carbocycles. The molecular formula is C24H20ClNO2. The van der Waals surface area contributed by atoms with E-state index in [2.05, 4.69) is 28.8 Å². The van der Waals surface area contributed by atoms with Crippen LogP contribution in [0.25, 0.3) is 33.3 Å². The number of aliphatic carboxylic acids is 1. The summed E-state index contributed by atoms with van der Waals surface area (Å²) >= 11 is 6.34. The average molecular weight is 390 g/mol. The van der Waals surface area contributed by atoms with Crippen LogP contribution in [-0.2, 0) is 11.3 Å². The van der Waals surface area contributed by atoms with Gasteiger partial charge in [-0.15, -0.1) is 0 Å². The summed E-state index contributed by atoms with van der Waals surface area (Å²) in [7, 11) is 0. The van der Waals surface area contributed by atoms with Crippen LogP contribution >= 0.6 is 11.6 Å². The van der Waals surface area contributed by atoms with E-state index in [0.29, 0.717) is 11.6 Å². The highest BCUT2D eigenvalue weighted by molar-refractivity contribution is 6.31. The molecule has 0 aliphatic carbocycles. The number of hydrogen-bond acceptors (Lipinski definition) is 1. The van der Waals surface area contributed by atoms with E-state index >= 15 is 0 Å². The van der Waals surface area contributed by atoms with Gasteiger partial charge in [0, 0.05) is 28.0 Å². The molecule has 0 saturated heterocycles. The molecule has 0 bridgehead atoms. The first kappa shape index (κ1) is 18.3. The van der Waals surface area contributed by atoms with Gasteiger partial charge >= 0.3 is 5.97 Å². The molecule has 4 rings (SSSR count). The number of halogens is 1. The van der Waals surface area contributed by atoms with E-state index in [1.165, 1.54) is 0 Å². The third-order valence-corrected chi connectivity index (χ3v) is 5.25. The van der Waals surface area contributed by atoms with Gasteiger partial charge in [0.05, 0.1) is 11.6 Å². The molecule has 4 aromatic rings. The second-order valence-corrected chi connectivity index (χ2v) is 7.40. The third-order valence-electron chi connectivity index (χ3n) is 5.01. The monoisotopic (exact) mass is 389 g/mol.